The lowest BCUT2D eigenvalue weighted by Gasteiger charge is -2.15. The smallest absolute Gasteiger partial charge is 0.162 e. The second-order valence-corrected chi connectivity index (χ2v) is 7.61. The van der Waals surface area contributed by atoms with Crippen molar-refractivity contribution in [2.75, 3.05) is 12.4 Å². The van der Waals surface area contributed by atoms with Crippen LogP contribution in [0.5, 0.6) is 11.5 Å². The summed E-state index contributed by atoms with van der Waals surface area (Å²) in [6, 6.07) is 16.5. The van der Waals surface area contributed by atoms with Gasteiger partial charge < -0.3 is 14.8 Å². The molecule has 0 aliphatic carbocycles. The van der Waals surface area contributed by atoms with E-state index in [2.05, 4.69) is 40.3 Å². The first kappa shape index (κ1) is 20.5. The Bertz CT molecular complexity index is 963. The minimum atomic E-state index is -0.440. The van der Waals surface area contributed by atoms with E-state index in [1.165, 1.54) is 11.6 Å². The van der Waals surface area contributed by atoms with E-state index in [-0.39, 0.29) is 5.02 Å². The molecule has 0 spiro atoms. The van der Waals surface area contributed by atoms with Crippen LogP contribution in [0.15, 0.2) is 59.1 Å². The first-order valence-electron chi connectivity index (χ1n) is 8.70. The van der Waals surface area contributed by atoms with Gasteiger partial charge in [-0.2, -0.15) is 0 Å². The fourth-order valence-corrected chi connectivity index (χ4v) is 3.28. The number of aryl methyl sites for hydroxylation is 1. The summed E-state index contributed by atoms with van der Waals surface area (Å²) in [5, 5.41) is 3.31. The fraction of sp³-hybridized carbons (Fsp3) is 0.182. The van der Waals surface area contributed by atoms with E-state index in [0.717, 1.165) is 21.3 Å². The average molecular weight is 465 g/mol. The number of hydrogen-bond donors (Lipinski definition) is 1. The van der Waals surface area contributed by atoms with Crippen LogP contribution in [0.25, 0.3) is 0 Å². The van der Waals surface area contributed by atoms with Crippen LogP contribution in [0, 0.1) is 12.7 Å². The largest absolute Gasteiger partial charge is 0.493 e. The molecule has 0 fully saturated rings. The molecule has 1 N–H and O–H groups in total. The number of methoxy groups -OCH3 is 1. The Morgan fingerprint density at radius 1 is 1.04 bits per heavy atom. The van der Waals surface area contributed by atoms with Crippen molar-refractivity contribution < 1.29 is 13.9 Å². The zero-order valence-electron chi connectivity index (χ0n) is 15.6. The number of rotatable bonds is 7. The van der Waals surface area contributed by atoms with Gasteiger partial charge in [-0.15, -0.1) is 0 Å². The van der Waals surface area contributed by atoms with Crippen LogP contribution >= 0.6 is 27.5 Å². The van der Waals surface area contributed by atoms with Crippen molar-refractivity contribution in [2.24, 2.45) is 0 Å². The van der Waals surface area contributed by atoms with Gasteiger partial charge in [0.15, 0.2) is 11.5 Å². The number of anilines is 1. The highest BCUT2D eigenvalue weighted by atomic mass is 79.9. The van der Waals surface area contributed by atoms with Gasteiger partial charge in [-0.3, -0.25) is 0 Å². The molecule has 0 aliphatic rings. The molecule has 0 saturated heterocycles. The maximum atomic E-state index is 13.3. The standard InChI is InChI=1S/C22H20BrClFNO2/c1-14-3-5-15(6-4-14)13-28-22-11-18(23)16(9-21(22)27-2)12-26-17-7-8-20(25)19(24)10-17/h3-11,26H,12-13H2,1-2H3. The Labute approximate surface area is 177 Å². The lowest BCUT2D eigenvalue weighted by atomic mass is 10.1. The van der Waals surface area contributed by atoms with Crippen molar-refractivity contribution in [3.63, 3.8) is 0 Å². The second kappa shape index (κ2) is 9.30. The van der Waals surface area contributed by atoms with Gasteiger partial charge in [-0.05, 0) is 48.4 Å². The van der Waals surface area contributed by atoms with Crippen LogP contribution in [0.2, 0.25) is 5.02 Å². The maximum Gasteiger partial charge on any atom is 0.162 e. The van der Waals surface area contributed by atoms with Crippen molar-refractivity contribution in [3.8, 4) is 11.5 Å². The molecule has 6 heteroatoms. The summed E-state index contributed by atoms with van der Waals surface area (Å²) >= 11 is 9.41. The Balaban J connectivity index is 1.71. The minimum Gasteiger partial charge on any atom is -0.493 e. The van der Waals surface area contributed by atoms with E-state index in [4.69, 9.17) is 21.1 Å². The number of benzene rings is 3. The van der Waals surface area contributed by atoms with Gasteiger partial charge in [0.25, 0.3) is 0 Å². The molecule has 0 atom stereocenters. The highest BCUT2D eigenvalue weighted by Gasteiger charge is 2.11. The Kier molecular flexibility index (Phi) is 6.81. The van der Waals surface area contributed by atoms with Crippen LogP contribution in [-0.2, 0) is 13.2 Å². The van der Waals surface area contributed by atoms with Gasteiger partial charge in [-0.25, -0.2) is 4.39 Å². The predicted octanol–water partition coefficient (Wildman–Crippen LogP) is 6.75. The maximum absolute atomic E-state index is 13.3. The third-order valence-electron chi connectivity index (χ3n) is 4.25. The van der Waals surface area contributed by atoms with Gasteiger partial charge in [0.2, 0.25) is 0 Å². The SMILES string of the molecule is COc1cc(CNc2ccc(F)c(Cl)c2)c(Br)cc1OCc1ccc(C)cc1. The summed E-state index contributed by atoms with van der Waals surface area (Å²) in [6.45, 7) is 3.02. The molecule has 28 heavy (non-hydrogen) atoms. The third kappa shape index (κ3) is 5.18. The van der Waals surface area contributed by atoms with Crippen molar-refractivity contribution in [2.45, 2.75) is 20.1 Å². The molecule has 0 radical (unpaired) electrons. The van der Waals surface area contributed by atoms with Crippen molar-refractivity contribution in [1.29, 1.82) is 0 Å². The van der Waals surface area contributed by atoms with E-state index < -0.39 is 5.82 Å². The Morgan fingerprint density at radius 3 is 2.46 bits per heavy atom. The highest BCUT2D eigenvalue weighted by molar-refractivity contribution is 9.10. The molecule has 3 aromatic carbocycles. The zero-order valence-corrected chi connectivity index (χ0v) is 17.9. The van der Waals surface area contributed by atoms with E-state index in [1.807, 2.05) is 24.3 Å². The van der Waals surface area contributed by atoms with E-state index in [9.17, 15) is 4.39 Å². The predicted molar refractivity (Wildman–Crippen MR) is 115 cm³/mol. The number of ether oxygens (including phenoxy) is 2. The quantitative estimate of drug-likeness (QED) is 0.419. The lowest BCUT2D eigenvalue weighted by molar-refractivity contribution is 0.284. The molecule has 0 heterocycles. The first-order chi connectivity index (χ1) is 13.5. The summed E-state index contributed by atoms with van der Waals surface area (Å²) < 4.78 is 25.6. The summed E-state index contributed by atoms with van der Waals surface area (Å²) in [5.74, 6) is 0.859. The monoisotopic (exact) mass is 463 g/mol. The molecule has 146 valence electrons. The summed E-state index contributed by atoms with van der Waals surface area (Å²) in [4.78, 5) is 0. The second-order valence-electron chi connectivity index (χ2n) is 6.35. The lowest BCUT2D eigenvalue weighted by Crippen LogP contribution is -2.03. The number of hydrogen-bond acceptors (Lipinski definition) is 3. The molecular weight excluding hydrogens is 445 g/mol. The first-order valence-corrected chi connectivity index (χ1v) is 9.87. The van der Waals surface area contributed by atoms with Crippen LogP contribution < -0.4 is 14.8 Å². The van der Waals surface area contributed by atoms with E-state index >= 15 is 0 Å². The molecule has 0 aliphatic heterocycles. The third-order valence-corrected chi connectivity index (χ3v) is 5.28. The number of halogens is 3. The van der Waals surface area contributed by atoms with Crippen LogP contribution in [0.3, 0.4) is 0 Å². The van der Waals surface area contributed by atoms with E-state index in [0.29, 0.717) is 24.7 Å². The number of nitrogens with one attached hydrogen (secondary N) is 1. The van der Waals surface area contributed by atoms with Crippen molar-refractivity contribution in [1.82, 2.24) is 0 Å². The van der Waals surface area contributed by atoms with Crippen molar-refractivity contribution >= 4 is 33.2 Å². The molecule has 0 aromatic heterocycles. The van der Waals surface area contributed by atoms with E-state index in [1.54, 1.807) is 19.2 Å². The molecule has 0 amide bonds. The normalized spacial score (nSPS) is 10.6. The Morgan fingerprint density at radius 2 is 1.79 bits per heavy atom. The molecule has 0 saturated carbocycles. The van der Waals surface area contributed by atoms with Gasteiger partial charge in [0.05, 0.1) is 12.1 Å². The van der Waals surface area contributed by atoms with Gasteiger partial charge in [0.1, 0.15) is 12.4 Å². The van der Waals surface area contributed by atoms with Crippen LogP contribution in [0.4, 0.5) is 10.1 Å². The fourth-order valence-electron chi connectivity index (χ4n) is 2.63. The minimum absolute atomic E-state index is 0.0847. The van der Waals surface area contributed by atoms with Gasteiger partial charge in [-0.1, -0.05) is 57.4 Å². The molecule has 3 rings (SSSR count). The summed E-state index contributed by atoms with van der Waals surface area (Å²) in [7, 11) is 1.61. The van der Waals surface area contributed by atoms with Crippen molar-refractivity contribution in [3.05, 3.63) is 86.6 Å². The average Bonchev–Trinajstić information content (AvgIpc) is 2.69. The van der Waals surface area contributed by atoms with Crippen LogP contribution in [0.1, 0.15) is 16.7 Å². The topological polar surface area (TPSA) is 30.5 Å². The van der Waals surface area contributed by atoms with Crippen LogP contribution in [-0.4, -0.2) is 7.11 Å². The highest BCUT2D eigenvalue weighted by Crippen LogP contribution is 2.34. The summed E-state index contributed by atoms with van der Waals surface area (Å²) in [6.07, 6.45) is 0. The molecule has 3 nitrogen and oxygen atoms in total. The zero-order chi connectivity index (χ0) is 20.1. The Hall–Kier alpha value is -2.24. The molecule has 0 unspecified atom stereocenters. The molecular formula is C22H20BrClFNO2. The summed E-state index contributed by atoms with van der Waals surface area (Å²) in [5.41, 5.74) is 4.00. The molecule has 3 aromatic rings. The van der Waals surface area contributed by atoms with Gasteiger partial charge in [0, 0.05) is 16.7 Å². The molecule has 0 bridgehead atoms. The van der Waals surface area contributed by atoms with Gasteiger partial charge >= 0.3 is 0 Å².